The number of thiophene rings is 1. The molecular formula is C16H19N3O2S2. The Morgan fingerprint density at radius 1 is 1.22 bits per heavy atom. The van der Waals surface area contributed by atoms with Gasteiger partial charge in [-0.25, -0.2) is 4.98 Å². The summed E-state index contributed by atoms with van der Waals surface area (Å²) >= 11 is 2.98. The second-order valence-electron chi connectivity index (χ2n) is 6.14. The molecule has 23 heavy (non-hydrogen) atoms. The molecule has 1 aliphatic carbocycles. The van der Waals surface area contributed by atoms with Crippen molar-refractivity contribution in [1.82, 2.24) is 14.9 Å². The van der Waals surface area contributed by atoms with E-state index in [2.05, 4.69) is 9.97 Å². The third kappa shape index (κ3) is 2.92. The predicted molar refractivity (Wildman–Crippen MR) is 93.4 cm³/mol. The first-order chi connectivity index (χ1) is 11.2. The van der Waals surface area contributed by atoms with Crippen LogP contribution in [0.25, 0.3) is 10.2 Å². The van der Waals surface area contributed by atoms with Crippen molar-refractivity contribution < 1.29 is 4.79 Å². The number of hydrogen-bond donors (Lipinski definition) is 1. The first-order valence-electron chi connectivity index (χ1n) is 8.17. The van der Waals surface area contributed by atoms with Gasteiger partial charge in [0.1, 0.15) is 4.83 Å². The number of thioether (sulfide) groups is 1. The van der Waals surface area contributed by atoms with Crippen LogP contribution in [-0.2, 0) is 17.6 Å². The molecule has 0 atom stereocenters. The number of likely N-dealkylation sites (tertiary alicyclic amines) is 1. The number of nitrogens with one attached hydrogen (secondary N) is 1. The highest BCUT2D eigenvalue weighted by Gasteiger charge is 2.22. The summed E-state index contributed by atoms with van der Waals surface area (Å²) in [7, 11) is 0. The van der Waals surface area contributed by atoms with Crippen LogP contribution < -0.4 is 5.56 Å². The van der Waals surface area contributed by atoms with E-state index in [4.69, 9.17) is 0 Å². The maximum Gasteiger partial charge on any atom is 0.260 e. The van der Waals surface area contributed by atoms with Gasteiger partial charge in [0, 0.05) is 18.0 Å². The highest BCUT2D eigenvalue weighted by Crippen LogP contribution is 2.35. The van der Waals surface area contributed by atoms with Crippen LogP contribution in [0.4, 0.5) is 0 Å². The fraction of sp³-hybridized carbons (Fsp3) is 0.562. The molecule has 0 radical (unpaired) electrons. The number of fused-ring (bicyclic) bond motifs is 3. The molecule has 0 unspecified atom stereocenters. The topological polar surface area (TPSA) is 66.1 Å². The van der Waals surface area contributed by atoms with E-state index in [1.54, 1.807) is 11.3 Å². The molecule has 2 aromatic heterocycles. The van der Waals surface area contributed by atoms with Gasteiger partial charge in [0.25, 0.3) is 5.56 Å². The second-order valence-corrected chi connectivity index (χ2v) is 8.19. The molecule has 1 N–H and O–H groups in total. The summed E-state index contributed by atoms with van der Waals surface area (Å²) in [5.41, 5.74) is 1.14. The summed E-state index contributed by atoms with van der Waals surface area (Å²) in [6.07, 6.45) is 6.59. The van der Waals surface area contributed by atoms with E-state index in [1.807, 2.05) is 4.90 Å². The summed E-state index contributed by atoms with van der Waals surface area (Å²) in [4.78, 5) is 36.1. The Balaban J connectivity index is 1.51. The number of aromatic amines is 1. The van der Waals surface area contributed by atoms with Crippen LogP contribution in [0.5, 0.6) is 0 Å². The maximum absolute atomic E-state index is 12.4. The molecule has 7 heteroatoms. The van der Waals surface area contributed by atoms with Crippen molar-refractivity contribution in [1.29, 1.82) is 0 Å². The van der Waals surface area contributed by atoms with Gasteiger partial charge in [-0.1, -0.05) is 11.8 Å². The Morgan fingerprint density at radius 3 is 2.87 bits per heavy atom. The fourth-order valence-electron chi connectivity index (χ4n) is 3.42. The van der Waals surface area contributed by atoms with Crippen molar-refractivity contribution in [2.24, 2.45) is 0 Å². The summed E-state index contributed by atoms with van der Waals surface area (Å²) in [5, 5.41) is 1.34. The normalized spacial score (nSPS) is 17.7. The molecule has 1 fully saturated rings. The van der Waals surface area contributed by atoms with E-state index in [1.165, 1.54) is 28.6 Å². The first kappa shape index (κ1) is 15.2. The lowest BCUT2D eigenvalue weighted by Crippen LogP contribution is -2.36. The molecule has 4 rings (SSSR count). The minimum Gasteiger partial charge on any atom is -0.342 e. The number of nitrogens with zero attached hydrogens (tertiary/aromatic N) is 2. The molecule has 122 valence electrons. The maximum atomic E-state index is 12.4. The highest BCUT2D eigenvalue weighted by molar-refractivity contribution is 7.99. The number of H-pyrrole nitrogens is 1. The minimum atomic E-state index is -0.0534. The lowest BCUT2D eigenvalue weighted by Gasteiger charge is -2.26. The standard InChI is InChI=1S/C16H19N3O2S2/c20-12(19-7-2-1-3-8-19)9-22-16-17-14(21)13-10-5-4-6-11(10)23-15(13)18-16/h1-9H2,(H,17,18,21). The number of hydrogen-bond acceptors (Lipinski definition) is 5. The molecule has 1 aliphatic heterocycles. The lowest BCUT2D eigenvalue weighted by molar-refractivity contribution is -0.129. The van der Waals surface area contributed by atoms with Crippen LogP contribution in [0.15, 0.2) is 9.95 Å². The molecule has 1 saturated heterocycles. The van der Waals surface area contributed by atoms with E-state index < -0.39 is 0 Å². The van der Waals surface area contributed by atoms with E-state index in [0.717, 1.165) is 55.4 Å². The molecule has 5 nitrogen and oxygen atoms in total. The highest BCUT2D eigenvalue weighted by atomic mass is 32.2. The van der Waals surface area contributed by atoms with E-state index >= 15 is 0 Å². The van der Waals surface area contributed by atoms with Crippen molar-refractivity contribution in [3.63, 3.8) is 0 Å². The molecule has 2 aliphatic rings. The largest absolute Gasteiger partial charge is 0.342 e. The lowest BCUT2D eigenvalue weighted by atomic mass is 10.1. The summed E-state index contributed by atoms with van der Waals surface area (Å²) in [5.74, 6) is 0.491. The first-order valence-corrected chi connectivity index (χ1v) is 9.98. The average Bonchev–Trinajstić information content (AvgIpc) is 3.13. The molecule has 0 aromatic carbocycles. The van der Waals surface area contributed by atoms with Gasteiger partial charge in [0.15, 0.2) is 5.16 Å². The van der Waals surface area contributed by atoms with Gasteiger partial charge in [0.2, 0.25) is 5.91 Å². The summed E-state index contributed by atoms with van der Waals surface area (Å²) < 4.78 is 0. The van der Waals surface area contributed by atoms with E-state index in [9.17, 15) is 9.59 Å². The number of rotatable bonds is 3. The predicted octanol–water partition coefficient (Wildman–Crippen LogP) is 2.58. The van der Waals surface area contributed by atoms with Crippen molar-refractivity contribution in [3.8, 4) is 0 Å². The van der Waals surface area contributed by atoms with Gasteiger partial charge in [-0.05, 0) is 44.1 Å². The van der Waals surface area contributed by atoms with E-state index in [-0.39, 0.29) is 11.5 Å². The fourth-order valence-corrected chi connectivity index (χ4v) is 5.50. The Hall–Kier alpha value is -1.34. The monoisotopic (exact) mass is 349 g/mol. The van der Waals surface area contributed by atoms with Gasteiger partial charge >= 0.3 is 0 Å². The Labute approximate surface area is 142 Å². The van der Waals surface area contributed by atoms with Crippen LogP contribution in [0.3, 0.4) is 0 Å². The number of carbonyl (C=O) groups excluding carboxylic acids is 1. The number of piperidine rings is 1. The number of aryl methyl sites for hydroxylation is 2. The number of amides is 1. The van der Waals surface area contributed by atoms with Crippen LogP contribution >= 0.6 is 23.1 Å². The van der Waals surface area contributed by atoms with Gasteiger partial charge < -0.3 is 9.88 Å². The zero-order valence-electron chi connectivity index (χ0n) is 12.9. The molecule has 0 saturated carbocycles. The minimum absolute atomic E-state index is 0.0534. The van der Waals surface area contributed by atoms with Crippen molar-refractivity contribution >= 4 is 39.2 Å². The van der Waals surface area contributed by atoms with Crippen LogP contribution in [0.1, 0.15) is 36.1 Å². The van der Waals surface area contributed by atoms with Crippen molar-refractivity contribution in [2.45, 2.75) is 43.7 Å². The van der Waals surface area contributed by atoms with Crippen LogP contribution in [-0.4, -0.2) is 39.6 Å². The van der Waals surface area contributed by atoms with Crippen molar-refractivity contribution in [3.05, 3.63) is 20.8 Å². The Bertz CT molecular complexity index is 805. The number of aromatic nitrogens is 2. The molecule has 0 bridgehead atoms. The second kappa shape index (κ2) is 6.28. The average molecular weight is 349 g/mol. The zero-order chi connectivity index (χ0) is 15.8. The van der Waals surface area contributed by atoms with Crippen LogP contribution in [0.2, 0.25) is 0 Å². The van der Waals surface area contributed by atoms with Gasteiger partial charge in [0.05, 0.1) is 11.1 Å². The van der Waals surface area contributed by atoms with E-state index in [0.29, 0.717) is 10.9 Å². The quantitative estimate of drug-likeness (QED) is 0.683. The molecular weight excluding hydrogens is 330 g/mol. The third-order valence-corrected chi connectivity index (χ3v) is 6.64. The smallest absolute Gasteiger partial charge is 0.260 e. The molecule has 2 aromatic rings. The molecule has 3 heterocycles. The SMILES string of the molecule is O=C(CSc1nc2sc3c(c2c(=O)[nH]1)CCC3)N1CCCCC1. The third-order valence-electron chi connectivity index (χ3n) is 4.59. The zero-order valence-corrected chi connectivity index (χ0v) is 14.5. The summed E-state index contributed by atoms with van der Waals surface area (Å²) in [6.45, 7) is 1.72. The van der Waals surface area contributed by atoms with Gasteiger partial charge in [-0.15, -0.1) is 11.3 Å². The Kier molecular flexibility index (Phi) is 4.15. The van der Waals surface area contributed by atoms with Crippen molar-refractivity contribution in [2.75, 3.05) is 18.8 Å². The van der Waals surface area contributed by atoms with Gasteiger partial charge in [-0.2, -0.15) is 0 Å². The van der Waals surface area contributed by atoms with Gasteiger partial charge in [-0.3, -0.25) is 9.59 Å². The summed E-state index contributed by atoms with van der Waals surface area (Å²) in [6, 6.07) is 0. The number of carbonyl (C=O) groups is 1. The Morgan fingerprint density at radius 2 is 2.04 bits per heavy atom. The molecule has 0 spiro atoms. The molecule has 1 amide bonds. The van der Waals surface area contributed by atoms with Crippen LogP contribution in [0, 0.1) is 0 Å².